The predicted octanol–water partition coefficient (Wildman–Crippen LogP) is -0.710. The Hall–Kier alpha value is -1.45. The van der Waals surface area contributed by atoms with E-state index in [0.29, 0.717) is 4.47 Å². The number of hydrogen-bond donors (Lipinski definition) is 2. The van der Waals surface area contributed by atoms with Gasteiger partial charge in [0.2, 0.25) is 0 Å². The lowest BCUT2D eigenvalue weighted by atomic mass is 10.4. The van der Waals surface area contributed by atoms with Gasteiger partial charge in [0.15, 0.2) is 5.03 Å². The number of hydroxylamine groups is 1. The van der Waals surface area contributed by atoms with Crippen LogP contribution in [-0.4, -0.2) is 48.3 Å². The molecule has 1 rings (SSSR count). The Balaban J connectivity index is 3.28. The van der Waals surface area contributed by atoms with Crippen LogP contribution in [0.25, 0.3) is 0 Å². The summed E-state index contributed by atoms with van der Waals surface area (Å²) in [5.74, 6) is -1.38. The second-order valence-corrected chi connectivity index (χ2v) is 4.39. The first-order chi connectivity index (χ1) is 6.91. The summed E-state index contributed by atoms with van der Waals surface area (Å²) < 4.78 is 23.8. The van der Waals surface area contributed by atoms with Crippen molar-refractivity contribution in [2.24, 2.45) is 0 Å². The van der Waals surface area contributed by atoms with E-state index in [1.807, 2.05) is 0 Å². The van der Waals surface area contributed by atoms with Crippen molar-refractivity contribution in [2.45, 2.75) is 5.03 Å². The number of nitrogens with one attached hydrogen (secondary N) is 1. The molecule has 0 aliphatic heterocycles. The van der Waals surface area contributed by atoms with Gasteiger partial charge in [-0.1, -0.05) is 4.47 Å². The van der Waals surface area contributed by atoms with Crippen LogP contribution in [0.3, 0.4) is 0 Å². The molecule has 1 aromatic heterocycles. The van der Waals surface area contributed by atoms with Crippen LogP contribution in [0.4, 0.5) is 0 Å². The topological polar surface area (TPSA) is 113 Å². The van der Waals surface area contributed by atoms with E-state index >= 15 is 0 Å². The van der Waals surface area contributed by atoms with Gasteiger partial charge in [0.05, 0.1) is 13.3 Å². The maximum atomic E-state index is 11.6. The molecule has 15 heavy (non-hydrogen) atoms. The van der Waals surface area contributed by atoms with Crippen LogP contribution in [0.2, 0.25) is 0 Å². The van der Waals surface area contributed by atoms with Crippen LogP contribution in [-0.2, 0) is 14.9 Å². The highest BCUT2D eigenvalue weighted by Gasteiger charge is 2.28. The van der Waals surface area contributed by atoms with Crippen LogP contribution in [0.5, 0.6) is 0 Å². The minimum Gasteiger partial charge on any atom is -0.478 e. The van der Waals surface area contributed by atoms with Gasteiger partial charge in [0, 0.05) is 7.05 Å². The van der Waals surface area contributed by atoms with Crippen molar-refractivity contribution in [3.05, 3.63) is 11.8 Å². The van der Waals surface area contributed by atoms with E-state index in [1.54, 1.807) is 0 Å². The molecule has 0 aromatic carbocycles. The standard InChI is InChI=1S/C6H9N3O5S/c1-9(14-2)15(12,13)5-4(6(10)11)3-7-8-5/h3H,1-2H3,(H,7,8)(H,10,11). The molecule has 2 N–H and O–H groups in total. The van der Waals surface area contributed by atoms with Gasteiger partial charge in [-0.15, -0.1) is 0 Å². The van der Waals surface area contributed by atoms with Gasteiger partial charge < -0.3 is 5.11 Å². The average Bonchev–Trinajstić information content (AvgIpc) is 2.65. The second kappa shape index (κ2) is 3.96. The average molecular weight is 235 g/mol. The van der Waals surface area contributed by atoms with Gasteiger partial charge in [0.25, 0.3) is 10.0 Å². The fourth-order valence-electron chi connectivity index (χ4n) is 0.850. The second-order valence-electron chi connectivity index (χ2n) is 2.52. The van der Waals surface area contributed by atoms with Crippen LogP contribution >= 0.6 is 0 Å². The highest BCUT2D eigenvalue weighted by molar-refractivity contribution is 7.89. The maximum Gasteiger partial charge on any atom is 0.340 e. The number of aromatic amines is 1. The minimum absolute atomic E-state index is 0.432. The lowest BCUT2D eigenvalue weighted by Gasteiger charge is -2.12. The molecule has 1 heterocycles. The molecule has 0 unspecified atom stereocenters. The molecule has 8 nitrogen and oxygen atoms in total. The number of nitrogens with zero attached hydrogens (tertiary/aromatic N) is 2. The van der Waals surface area contributed by atoms with E-state index in [9.17, 15) is 13.2 Å². The van der Waals surface area contributed by atoms with Crippen LogP contribution < -0.4 is 0 Å². The summed E-state index contributed by atoms with van der Waals surface area (Å²) in [6.45, 7) is 0. The van der Waals surface area contributed by atoms with E-state index in [0.717, 1.165) is 20.4 Å². The zero-order valence-electron chi connectivity index (χ0n) is 7.96. The SMILES string of the molecule is CON(C)S(=O)(=O)c1[nH]ncc1C(=O)O. The molecule has 0 amide bonds. The molecule has 0 aliphatic carbocycles. The molecular formula is C6H9N3O5S. The molecule has 0 atom stereocenters. The number of sulfonamides is 1. The number of aromatic carboxylic acids is 1. The van der Waals surface area contributed by atoms with Crippen molar-refractivity contribution < 1.29 is 23.2 Å². The molecule has 84 valence electrons. The Kier molecular flexibility index (Phi) is 3.07. The van der Waals surface area contributed by atoms with Gasteiger partial charge in [-0.2, -0.15) is 5.10 Å². The van der Waals surface area contributed by atoms with Crippen LogP contribution in [0, 0.1) is 0 Å². The van der Waals surface area contributed by atoms with Crippen molar-refractivity contribution in [3.8, 4) is 0 Å². The molecule has 0 aliphatic rings. The zero-order valence-corrected chi connectivity index (χ0v) is 8.78. The van der Waals surface area contributed by atoms with Crippen molar-refractivity contribution in [3.63, 3.8) is 0 Å². The van der Waals surface area contributed by atoms with E-state index in [1.165, 1.54) is 0 Å². The summed E-state index contributed by atoms with van der Waals surface area (Å²) in [7, 11) is -1.72. The Morgan fingerprint density at radius 1 is 1.67 bits per heavy atom. The van der Waals surface area contributed by atoms with E-state index < -0.39 is 26.6 Å². The third kappa shape index (κ3) is 1.98. The summed E-state index contributed by atoms with van der Waals surface area (Å²) in [6, 6.07) is 0. The van der Waals surface area contributed by atoms with Crippen molar-refractivity contribution in [1.82, 2.24) is 14.7 Å². The summed E-state index contributed by atoms with van der Waals surface area (Å²) in [5, 5.41) is 13.6. The number of carboxylic acid groups (broad SMARTS) is 1. The molecule has 0 radical (unpaired) electrons. The molecule has 0 fully saturated rings. The third-order valence-electron chi connectivity index (χ3n) is 1.69. The largest absolute Gasteiger partial charge is 0.478 e. The van der Waals surface area contributed by atoms with Crippen molar-refractivity contribution in [2.75, 3.05) is 14.2 Å². The lowest BCUT2D eigenvalue weighted by Crippen LogP contribution is -2.27. The van der Waals surface area contributed by atoms with E-state index in [4.69, 9.17) is 5.11 Å². The Bertz CT molecular complexity index is 465. The number of carbonyl (C=O) groups is 1. The molecule has 0 spiro atoms. The van der Waals surface area contributed by atoms with Gasteiger partial charge in [-0.05, 0) is 0 Å². The Labute approximate surface area is 85.5 Å². The predicted molar refractivity (Wildman–Crippen MR) is 47.5 cm³/mol. The number of H-pyrrole nitrogens is 1. The summed E-state index contributed by atoms with van der Waals surface area (Å²) in [6.07, 6.45) is 0.915. The van der Waals surface area contributed by atoms with Gasteiger partial charge >= 0.3 is 5.97 Å². The molecule has 0 bridgehead atoms. The summed E-state index contributed by atoms with van der Waals surface area (Å²) >= 11 is 0. The van der Waals surface area contributed by atoms with Crippen LogP contribution in [0.1, 0.15) is 10.4 Å². The van der Waals surface area contributed by atoms with Gasteiger partial charge in [-0.3, -0.25) is 9.94 Å². The van der Waals surface area contributed by atoms with E-state index in [2.05, 4.69) is 15.0 Å². The van der Waals surface area contributed by atoms with Crippen molar-refractivity contribution in [1.29, 1.82) is 0 Å². The minimum atomic E-state index is -4.01. The fourth-order valence-corrected chi connectivity index (χ4v) is 1.89. The quantitative estimate of drug-likeness (QED) is 0.666. The smallest absolute Gasteiger partial charge is 0.340 e. The van der Waals surface area contributed by atoms with E-state index in [-0.39, 0.29) is 0 Å². The Morgan fingerprint density at radius 2 is 2.27 bits per heavy atom. The zero-order chi connectivity index (χ0) is 11.6. The summed E-state index contributed by atoms with van der Waals surface area (Å²) in [5.41, 5.74) is -0.432. The van der Waals surface area contributed by atoms with Crippen molar-refractivity contribution >= 4 is 16.0 Å². The molecule has 9 heteroatoms. The number of carboxylic acids is 1. The highest BCUT2D eigenvalue weighted by atomic mass is 32.2. The number of rotatable bonds is 4. The third-order valence-corrected chi connectivity index (χ3v) is 3.34. The lowest BCUT2D eigenvalue weighted by molar-refractivity contribution is -0.0261. The molecule has 1 aromatic rings. The monoisotopic (exact) mass is 235 g/mol. The first kappa shape index (κ1) is 11.6. The molecule has 0 saturated carbocycles. The highest BCUT2D eigenvalue weighted by Crippen LogP contribution is 2.15. The Morgan fingerprint density at radius 3 is 2.73 bits per heavy atom. The van der Waals surface area contributed by atoms with Gasteiger partial charge in [-0.25, -0.2) is 13.2 Å². The molecular weight excluding hydrogens is 226 g/mol. The number of aromatic nitrogens is 2. The normalized spacial score (nSPS) is 11.9. The van der Waals surface area contributed by atoms with Gasteiger partial charge in [0.1, 0.15) is 5.56 Å². The molecule has 0 saturated heterocycles. The maximum absolute atomic E-state index is 11.6. The first-order valence-corrected chi connectivity index (χ1v) is 5.15. The van der Waals surface area contributed by atoms with Crippen LogP contribution in [0.15, 0.2) is 11.2 Å². The number of hydrogen-bond acceptors (Lipinski definition) is 5. The fraction of sp³-hybridized carbons (Fsp3) is 0.333. The summed E-state index contributed by atoms with van der Waals surface area (Å²) in [4.78, 5) is 15.1. The first-order valence-electron chi connectivity index (χ1n) is 3.71.